The minimum Gasteiger partial charge on any atom is -0.392 e. The van der Waals surface area contributed by atoms with Crippen molar-refractivity contribution in [1.82, 2.24) is 0 Å². The van der Waals surface area contributed by atoms with E-state index in [0.717, 1.165) is 18.3 Å². The van der Waals surface area contributed by atoms with Gasteiger partial charge < -0.3 is 5.11 Å². The van der Waals surface area contributed by atoms with Gasteiger partial charge in [0.25, 0.3) is 0 Å². The van der Waals surface area contributed by atoms with Crippen LogP contribution in [-0.2, 0) is 0 Å². The summed E-state index contributed by atoms with van der Waals surface area (Å²) in [6.45, 7) is 7.11. The smallest absolute Gasteiger partial charge is 0.0633 e. The molecule has 2 saturated carbocycles. The highest BCUT2D eigenvalue weighted by atomic mass is 16.3. The monoisotopic (exact) mass is 206 g/mol. The third-order valence-corrected chi connectivity index (χ3v) is 5.75. The number of rotatable bonds is 0. The van der Waals surface area contributed by atoms with Crippen LogP contribution in [0, 0.1) is 28.6 Å². The molecule has 0 unspecified atom stereocenters. The standard InChI is InChI=1S/C14H22O/c1-13(2)9-7-8-14(3)10(12(9)13)5-4-6-11(14)15/h4-5,9-12,15H,6-8H2,1-3H3/t9-,10+,11-,12-,14+/m0/s1. The van der Waals surface area contributed by atoms with Gasteiger partial charge in [-0.25, -0.2) is 0 Å². The first-order valence-electron chi connectivity index (χ1n) is 6.32. The summed E-state index contributed by atoms with van der Waals surface area (Å²) < 4.78 is 0. The van der Waals surface area contributed by atoms with E-state index in [1.54, 1.807) is 0 Å². The summed E-state index contributed by atoms with van der Waals surface area (Å²) in [6, 6.07) is 0. The molecule has 15 heavy (non-hydrogen) atoms. The Hall–Kier alpha value is -0.300. The Morgan fingerprint density at radius 2 is 2.00 bits per heavy atom. The molecule has 0 bridgehead atoms. The maximum atomic E-state index is 10.2. The maximum Gasteiger partial charge on any atom is 0.0633 e. The fourth-order valence-electron chi connectivity index (χ4n) is 4.45. The molecule has 1 heteroatoms. The van der Waals surface area contributed by atoms with Crippen LogP contribution < -0.4 is 0 Å². The van der Waals surface area contributed by atoms with E-state index in [9.17, 15) is 5.11 Å². The average molecular weight is 206 g/mol. The first-order chi connectivity index (χ1) is 6.98. The molecule has 3 rings (SSSR count). The second-order valence-corrected chi connectivity index (χ2v) is 6.70. The Balaban J connectivity index is 1.97. The van der Waals surface area contributed by atoms with Crippen LogP contribution in [0.15, 0.2) is 12.2 Å². The van der Waals surface area contributed by atoms with E-state index in [-0.39, 0.29) is 11.5 Å². The van der Waals surface area contributed by atoms with Crippen molar-refractivity contribution < 1.29 is 5.11 Å². The number of aliphatic hydroxyl groups is 1. The molecule has 3 aliphatic rings. The van der Waals surface area contributed by atoms with E-state index >= 15 is 0 Å². The highest BCUT2D eigenvalue weighted by molar-refractivity contribution is 5.21. The maximum absolute atomic E-state index is 10.2. The summed E-state index contributed by atoms with van der Waals surface area (Å²) in [5.74, 6) is 2.39. The van der Waals surface area contributed by atoms with Gasteiger partial charge in [-0.3, -0.25) is 0 Å². The molecule has 5 atom stereocenters. The van der Waals surface area contributed by atoms with Gasteiger partial charge in [-0.15, -0.1) is 0 Å². The first-order valence-corrected chi connectivity index (χ1v) is 6.32. The molecule has 0 aromatic rings. The predicted octanol–water partition coefficient (Wildman–Crippen LogP) is 3.00. The quantitative estimate of drug-likeness (QED) is 0.604. The predicted molar refractivity (Wildman–Crippen MR) is 61.4 cm³/mol. The molecule has 2 fully saturated rings. The van der Waals surface area contributed by atoms with Crippen molar-refractivity contribution in [2.75, 3.05) is 0 Å². The molecule has 1 N–H and O–H groups in total. The lowest BCUT2D eigenvalue weighted by Gasteiger charge is -2.45. The molecule has 1 nitrogen and oxygen atoms in total. The second kappa shape index (κ2) is 2.68. The van der Waals surface area contributed by atoms with Gasteiger partial charge in [-0.2, -0.15) is 0 Å². The minimum absolute atomic E-state index is 0.107. The lowest BCUT2D eigenvalue weighted by atomic mass is 9.61. The third-order valence-electron chi connectivity index (χ3n) is 5.75. The summed E-state index contributed by atoms with van der Waals surface area (Å²) in [6.07, 6.45) is 7.91. The molecule has 0 amide bonds. The zero-order chi connectivity index (χ0) is 10.8. The fourth-order valence-corrected chi connectivity index (χ4v) is 4.45. The highest BCUT2D eigenvalue weighted by Gasteiger charge is 2.66. The van der Waals surface area contributed by atoms with Crippen molar-refractivity contribution in [3.63, 3.8) is 0 Å². The molecule has 0 radical (unpaired) electrons. The van der Waals surface area contributed by atoms with Crippen LogP contribution in [0.4, 0.5) is 0 Å². The molecular weight excluding hydrogens is 184 g/mol. The summed E-state index contributed by atoms with van der Waals surface area (Å²) in [5.41, 5.74) is 0.702. The molecule has 0 saturated heterocycles. The Morgan fingerprint density at radius 3 is 2.73 bits per heavy atom. The van der Waals surface area contributed by atoms with Gasteiger partial charge in [0.2, 0.25) is 0 Å². The van der Waals surface area contributed by atoms with Gasteiger partial charge in [-0.1, -0.05) is 32.9 Å². The first kappa shape index (κ1) is 9.89. The number of aliphatic hydroxyl groups excluding tert-OH is 1. The van der Waals surface area contributed by atoms with Crippen molar-refractivity contribution >= 4 is 0 Å². The molecule has 3 aliphatic carbocycles. The van der Waals surface area contributed by atoms with E-state index in [1.165, 1.54) is 12.8 Å². The normalized spacial score (nSPS) is 55.7. The van der Waals surface area contributed by atoms with Crippen molar-refractivity contribution in [3.05, 3.63) is 12.2 Å². The van der Waals surface area contributed by atoms with Gasteiger partial charge in [-0.05, 0) is 42.4 Å². The summed E-state index contributed by atoms with van der Waals surface area (Å²) in [4.78, 5) is 0. The fraction of sp³-hybridized carbons (Fsp3) is 0.857. The van der Waals surface area contributed by atoms with Crippen molar-refractivity contribution in [3.8, 4) is 0 Å². The lowest BCUT2D eigenvalue weighted by Crippen LogP contribution is -2.43. The van der Waals surface area contributed by atoms with Gasteiger partial charge >= 0.3 is 0 Å². The molecule has 0 aromatic carbocycles. The van der Waals surface area contributed by atoms with Crippen LogP contribution in [0.3, 0.4) is 0 Å². The van der Waals surface area contributed by atoms with Crippen molar-refractivity contribution in [2.24, 2.45) is 28.6 Å². The minimum atomic E-state index is -0.107. The van der Waals surface area contributed by atoms with Crippen LogP contribution in [0.25, 0.3) is 0 Å². The van der Waals surface area contributed by atoms with Crippen LogP contribution in [0.2, 0.25) is 0 Å². The summed E-state index contributed by atoms with van der Waals surface area (Å²) in [7, 11) is 0. The average Bonchev–Trinajstić information content (AvgIpc) is 2.72. The molecular formula is C14H22O. The van der Waals surface area contributed by atoms with E-state index in [2.05, 4.69) is 32.9 Å². The highest BCUT2D eigenvalue weighted by Crippen LogP contribution is 2.71. The number of allylic oxidation sites excluding steroid dienone is 1. The van der Waals surface area contributed by atoms with Gasteiger partial charge in [0.15, 0.2) is 0 Å². The Morgan fingerprint density at radius 1 is 1.27 bits per heavy atom. The largest absolute Gasteiger partial charge is 0.392 e. The van der Waals surface area contributed by atoms with Crippen molar-refractivity contribution in [1.29, 1.82) is 0 Å². The zero-order valence-electron chi connectivity index (χ0n) is 10.0. The number of hydrogen-bond acceptors (Lipinski definition) is 1. The van der Waals surface area contributed by atoms with Gasteiger partial charge in [0.1, 0.15) is 0 Å². The van der Waals surface area contributed by atoms with E-state index < -0.39 is 0 Å². The number of fused-ring (bicyclic) bond motifs is 3. The molecule has 0 aromatic heterocycles. The topological polar surface area (TPSA) is 20.2 Å². The third kappa shape index (κ3) is 1.08. The molecule has 84 valence electrons. The van der Waals surface area contributed by atoms with Crippen LogP contribution in [0.1, 0.15) is 40.0 Å². The van der Waals surface area contributed by atoms with E-state index in [0.29, 0.717) is 11.3 Å². The Labute approximate surface area is 92.6 Å². The van der Waals surface area contributed by atoms with Crippen LogP contribution in [-0.4, -0.2) is 11.2 Å². The molecule has 0 aliphatic heterocycles. The van der Waals surface area contributed by atoms with Crippen LogP contribution >= 0.6 is 0 Å². The Bertz CT molecular complexity index is 317. The van der Waals surface area contributed by atoms with E-state index in [4.69, 9.17) is 0 Å². The Kier molecular flexibility index (Phi) is 1.77. The second-order valence-electron chi connectivity index (χ2n) is 6.70. The van der Waals surface area contributed by atoms with Gasteiger partial charge in [0, 0.05) is 5.41 Å². The lowest BCUT2D eigenvalue weighted by molar-refractivity contribution is -0.0278. The summed E-state index contributed by atoms with van der Waals surface area (Å²) >= 11 is 0. The van der Waals surface area contributed by atoms with Crippen molar-refractivity contribution in [2.45, 2.75) is 46.1 Å². The van der Waals surface area contributed by atoms with Gasteiger partial charge in [0.05, 0.1) is 6.10 Å². The molecule has 0 spiro atoms. The number of hydrogen-bond donors (Lipinski definition) is 1. The zero-order valence-corrected chi connectivity index (χ0v) is 10.0. The SMILES string of the molecule is CC1(C)[C@@H]2[C@H]3C=CC[C@H](O)[C@]3(C)CC[C@@H]21. The summed E-state index contributed by atoms with van der Waals surface area (Å²) in [5, 5.41) is 10.2. The molecule has 0 heterocycles. The van der Waals surface area contributed by atoms with E-state index in [1.807, 2.05) is 0 Å². The van der Waals surface area contributed by atoms with Crippen LogP contribution in [0.5, 0.6) is 0 Å².